The number of rotatable bonds is 6. The van der Waals surface area contributed by atoms with E-state index in [1.165, 1.54) is 7.11 Å². The monoisotopic (exact) mass is 217 g/mol. The van der Waals surface area contributed by atoms with E-state index in [2.05, 4.69) is 10.1 Å². The van der Waals surface area contributed by atoms with Gasteiger partial charge in [-0.05, 0) is 27.2 Å². The van der Waals surface area contributed by atoms with Crippen molar-refractivity contribution in [3.63, 3.8) is 0 Å². The van der Waals surface area contributed by atoms with Crippen molar-refractivity contribution < 1.29 is 14.6 Å². The normalized spacial score (nSPS) is 15.9. The van der Waals surface area contributed by atoms with Gasteiger partial charge in [-0.25, -0.2) is 0 Å². The molecule has 0 rings (SSSR count). The Labute approximate surface area is 92.0 Å². The second kappa shape index (κ2) is 6.08. The molecule has 0 aliphatic rings. The fourth-order valence-electron chi connectivity index (χ4n) is 1.34. The predicted octanol–water partition coefficient (Wildman–Crippen LogP) is 0.935. The van der Waals surface area contributed by atoms with Crippen molar-refractivity contribution in [3.8, 4) is 0 Å². The molecule has 2 atom stereocenters. The molecule has 0 saturated heterocycles. The summed E-state index contributed by atoms with van der Waals surface area (Å²) in [6, 6.07) is 0.186. The van der Waals surface area contributed by atoms with Gasteiger partial charge >= 0.3 is 5.97 Å². The Balaban J connectivity index is 3.83. The number of nitrogens with one attached hydrogen (secondary N) is 1. The van der Waals surface area contributed by atoms with E-state index in [9.17, 15) is 9.90 Å². The molecule has 0 bridgehead atoms. The summed E-state index contributed by atoms with van der Waals surface area (Å²) in [6.45, 7) is 7.84. The number of hydrogen-bond acceptors (Lipinski definition) is 4. The molecule has 0 aliphatic carbocycles. The van der Waals surface area contributed by atoms with E-state index < -0.39 is 5.60 Å². The van der Waals surface area contributed by atoms with Crippen molar-refractivity contribution in [2.45, 2.75) is 45.8 Å². The lowest BCUT2D eigenvalue weighted by molar-refractivity contribution is -0.145. The lowest BCUT2D eigenvalue weighted by Crippen LogP contribution is -2.40. The Morgan fingerprint density at radius 2 is 2.00 bits per heavy atom. The van der Waals surface area contributed by atoms with Crippen LogP contribution < -0.4 is 5.32 Å². The van der Waals surface area contributed by atoms with Gasteiger partial charge < -0.3 is 15.2 Å². The van der Waals surface area contributed by atoms with Crippen molar-refractivity contribution in [2.24, 2.45) is 5.92 Å². The highest BCUT2D eigenvalue weighted by Gasteiger charge is 2.18. The molecular weight excluding hydrogens is 194 g/mol. The van der Waals surface area contributed by atoms with Gasteiger partial charge in [0.1, 0.15) is 0 Å². The summed E-state index contributed by atoms with van der Waals surface area (Å²) in [4.78, 5) is 11.1. The van der Waals surface area contributed by atoms with Crippen LogP contribution in [-0.2, 0) is 9.53 Å². The van der Waals surface area contributed by atoms with Gasteiger partial charge in [0.15, 0.2) is 0 Å². The molecule has 0 saturated carbocycles. The van der Waals surface area contributed by atoms with Crippen LogP contribution in [0.1, 0.15) is 34.1 Å². The highest BCUT2D eigenvalue weighted by atomic mass is 16.5. The molecule has 0 aromatic carbocycles. The maximum Gasteiger partial charge on any atom is 0.308 e. The molecule has 4 nitrogen and oxygen atoms in total. The molecule has 0 aromatic rings. The van der Waals surface area contributed by atoms with Crippen LogP contribution in [0.2, 0.25) is 0 Å². The summed E-state index contributed by atoms with van der Waals surface area (Å²) in [5.74, 6) is -0.300. The van der Waals surface area contributed by atoms with Crippen LogP contribution in [0, 0.1) is 5.92 Å². The summed E-state index contributed by atoms with van der Waals surface area (Å²) in [6.07, 6.45) is 0.711. The number of carbonyl (C=O) groups excluding carboxylic acids is 1. The summed E-state index contributed by atoms with van der Waals surface area (Å²) in [7, 11) is 1.40. The Bertz CT molecular complexity index is 198. The van der Waals surface area contributed by atoms with E-state index in [1.807, 2.05) is 13.8 Å². The third kappa shape index (κ3) is 7.33. The van der Waals surface area contributed by atoms with Crippen molar-refractivity contribution >= 4 is 5.97 Å². The van der Waals surface area contributed by atoms with E-state index in [0.717, 1.165) is 0 Å². The summed E-state index contributed by atoms with van der Waals surface area (Å²) in [5, 5.41) is 12.7. The van der Waals surface area contributed by atoms with Crippen LogP contribution in [-0.4, -0.2) is 36.4 Å². The van der Waals surface area contributed by atoms with Crippen LogP contribution in [0.3, 0.4) is 0 Å². The smallest absolute Gasteiger partial charge is 0.308 e. The molecular formula is C11H23NO3. The van der Waals surface area contributed by atoms with Crippen LogP contribution >= 0.6 is 0 Å². The molecule has 2 N–H and O–H groups in total. The second-order valence-corrected chi connectivity index (χ2v) is 4.75. The lowest BCUT2D eigenvalue weighted by atomic mass is 10.0. The number of hydrogen-bond donors (Lipinski definition) is 2. The van der Waals surface area contributed by atoms with Crippen molar-refractivity contribution in [3.05, 3.63) is 0 Å². The zero-order valence-corrected chi connectivity index (χ0v) is 10.3. The standard InChI is InChI=1S/C11H23NO3/c1-8(10(13)15-5)6-9(2)12-7-11(3,4)14/h8-9,12,14H,6-7H2,1-5H3. The number of methoxy groups -OCH3 is 1. The molecule has 0 radical (unpaired) electrons. The Hall–Kier alpha value is -0.610. The summed E-state index contributed by atoms with van der Waals surface area (Å²) in [5.41, 5.74) is -0.719. The van der Waals surface area contributed by atoms with Crippen molar-refractivity contribution in [2.75, 3.05) is 13.7 Å². The molecule has 0 spiro atoms. The SMILES string of the molecule is COC(=O)C(C)CC(C)NCC(C)(C)O. The first-order valence-corrected chi connectivity index (χ1v) is 5.30. The highest BCUT2D eigenvalue weighted by molar-refractivity contribution is 5.71. The quantitative estimate of drug-likeness (QED) is 0.650. The van der Waals surface area contributed by atoms with Gasteiger partial charge in [-0.1, -0.05) is 6.92 Å². The van der Waals surface area contributed by atoms with E-state index in [-0.39, 0.29) is 17.9 Å². The maximum atomic E-state index is 11.1. The van der Waals surface area contributed by atoms with Gasteiger partial charge in [-0.15, -0.1) is 0 Å². The first-order chi connectivity index (χ1) is 6.76. The van der Waals surface area contributed by atoms with Gasteiger partial charge in [-0.3, -0.25) is 4.79 Å². The van der Waals surface area contributed by atoms with E-state index in [4.69, 9.17) is 0 Å². The van der Waals surface area contributed by atoms with Crippen LogP contribution in [0.4, 0.5) is 0 Å². The number of carbonyl (C=O) groups is 1. The molecule has 0 amide bonds. The van der Waals surface area contributed by atoms with Gasteiger partial charge in [0.05, 0.1) is 18.6 Å². The minimum atomic E-state index is -0.719. The fourth-order valence-corrected chi connectivity index (χ4v) is 1.34. The van der Waals surface area contributed by atoms with Gasteiger partial charge in [0.25, 0.3) is 0 Å². The summed E-state index contributed by atoms with van der Waals surface area (Å²) < 4.78 is 4.64. The molecule has 0 fully saturated rings. The molecule has 0 aliphatic heterocycles. The molecule has 15 heavy (non-hydrogen) atoms. The number of esters is 1. The van der Waals surface area contributed by atoms with E-state index in [0.29, 0.717) is 13.0 Å². The third-order valence-corrected chi connectivity index (χ3v) is 2.19. The molecule has 4 heteroatoms. The predicted molar refractivity (Wildman–Crippen MR) is 59.6 cm³/mol. The zero-order valence-electron chi connectivity index (χ0n) is 10.3. The summed E-state index contributed by atoms with van der Waals surface area (Å²) >= 11 is 0. The minimum absolute atomic E-state index is 0.112. The topological polar surface area (TPSA) is 58.6 Å². The molecule has 0 heterocycles. The second-order valence-electron chi connectivity index (χ2n) is 4.75. The van der Waals surface area contributed by atoms with E-state index in [1.54, 1.807) is 13.8 Å². The van der Waals surface area contributed by atoms with Crippen molar-refractivity contribution in [1.82, 2.24) is 5.32 Å². The zero-order chi connectivity index (χ0) is 12.1. The third-order valence-electron chi connectivity index (χ3n) is 2.19. The Kier molecular flexibility index (Phi) is 5.83. The maximum absolute atomic E-state index is 11.1. The average molecular weight is 217 g/mol. The Morgan fingerprint density at radius 1 is 1.47 bits per heavy atom. The first kappa shape index (κ1) is 14.4. The molecule has 2 unspecified atom stereocenters. The van der Waals surface area contributed by atoms with Gasteiger partial charge in [-0.2, -0.15) is 0 Å². The first-order valence-electron chi connectivity index (χ1n) is 5.30. The van der Waals surface area contributed by atoms with Gasteiger partial charge in [0.2, 0.25) is 0 Å². The number of ether oxygens (including phenoxy) is 1. The van der Waals surface area contributed by atoms with E-state index >= 15 is 0 Å². The lowest BCUT2D eigenvalue weighted by Gasteiger charge is -2.23. The number of aliphatic hydroxyl groups is 1. The van der Waals surface area contributed by atoms with Gasteiger partial charge in [0, 0.05) is 12.6 Å². The minimum Gasteiger partial charge on any atom is -0.469 e. The van der Waals surface area contributed by atoms with Crippen molar-refractivity contribution in [1.29, 1.82) is 0 Å². The molecule has 90 valence electrons. The largest absolute Gasteiger partial charge is 0.469 e. The Morgan fingerprint density at radius 3 is 2.40 bits per heavy atom. The van der Waals surface area contributed by atoms with Crippen LogP contribution in [0.15, 0.2) is 0 Å². The fraction of sp³-hybridized carbons (Fsp3) is 0.909. The molecule has 0 aromatic heterocycles. The average Bonchev–Trinajstić information content (AvgIpc) is 2.12. The van der Waals surface area contributed by atoms with Crippen LogP contribution in [0.5, 0.6) is 0 Å². The van der Waals surface area contributed by atoms with Crippen LogP contribution in [0.25, 0.3) is 0 Å². The highest BCUT2D eigenvalue weighted by Crippen LogP contribution is 2.08.